The van der Waals surface area contributed by atoms with Gasteiger partial charge in [0.25, 0.3) is 5.91 Å². The minimum Gasteiger partial charge on any atom is -0.328 e. The lowest BCUT2D eigenvalue weighted by molar-refractivity contribution is -0.113. The van der Waals surface area contributed by atoms with Crippen LogP contribution in [0.4, 0.5) is 11.6 Å². The Morgan fingerprint density at radius 2 is 1.85 bits per heavy atom. The van der Waals surface area contributed by atoms with Gasteiger partial charge in [0.1, 0.15) is 6.04 Å². The van der Waals surface area contributed by atoms with Gasteiger partial charge in [-0.25, -0.2) is 4.68 Å². The van der Waals surface area contributed by atoms with E-state index in [0.717, 1.165) is 22.4 Å². The molecule has 1 atom stereocenters. The van der Waals surface area contributed by atoms with Gasteiger partial charge in [-0.05, 0) is 49.2 Å². The summed E-state index contributed by atoms with van der Waals surface area (Å²) < 4.78 is 1.72. The monoisotopic (exact) mass is 456 g/mol. The number of carbonyl (C=O) groups excluding carboxylic acids is 1. The van der Waals surface area contributed by atoms with Gasteiger partial charge >= 0.3 is 0 Å². The molecule has 33 heavy (non-hydrogen) atoms. The molecule has 1 unspecified atom stereocenters. The molecule has 5 rings (SSSR count). The SMILES string of the molecule is CC1=C(C(=O)Nc2ccccc2C)C(c2cccnc2)n2nc(-c3ccccc3Cl)nc2N1. The fourth-order valence-electron chi connectivity index (χ4n) is 3.95. The second kappa shape index (κ2) is 8.52. The number of pyridine rings is 1. The summed E-state index contributed by atoms with van der Waals surface area (Å²) in [5, 5.41) is 11.6. The first-order chi connectivity index (χ1) is 16.0. The summed E-state index contributed by atoms with van der Waals surface area (Å²) in [6, 6.07) is 18.4. The molecule has 4 aromatic rings. The summed E-state index contributed by atoms with van der Waals surface area (Å²) in [7, 11) is 0. The number of aryl methyl sites for hydroxylation is 1. The van der Waals surface area contributed by atoms with E-state index in [-0.39, 0.29) is 5.91 Å². The zero-order valence-corrected chi connectivity index (χ0v) is 18.8. The molecular formula is C25H21ClN6O. The van der Waals surface area contributed by atoms with Crippen LogP contribution in [0.2, 0.25) is 5.02 Å². The Morgan fingerprint density at radius 1 is 1.06 bits per heavy atom. The molecule has 0 spiro atoms. The van der Waals surface area contributed by atoms with E-state index in [0.29, 0.717) is 28.1 Å². The van der Waals surface area contributed by atoms with Crippen LogP contribution in [-0.2, 0) is 4.79 Å². The maximum Gasteiger partial charge on any atom is 0.255 e. The number of anilines is 2. The molecule has 3 heterocycles. The lowest BCUT2D eigenvalue weighted by Crippen LogP contribution is -2.31. The molecule has 0 saturated heterocycles. The maximum atomic E-state index is 13.5. The first-order valence-corrected chi connectivity index (χ1v) is 10.9. The van der Waals surface area contributed by atoms with Crippen LogP contribution in [0, 0.1) is 6.92 Å². The number of nitrogens with one attached hydrogen (secondary N) is 2. The molecule has 0 bridgehead atoms. The van der Waals surface area contributed by atoms with E-state index >= 15 is 0 Å². The van der Waals surface area contributed by atoms with Crippen LogP contribution in [0.5, 0.6) is 0 Å². The number of hydrogen-bond acceptors (Lipinski definition) is 5. The van der Waals surface area contributed by atoms with Gasteiger partial charge in [0, 0.05) is 29.3 Å². The smallest absolute Gasteiger partial charge is 0.255 e. The number of para-hydroxylation sites is 1. The molecule has 7 nitrogen and oxygen atoms in total. The van der Waals surface area contributed by atoms with Gasteiger partial charge in [-0.1, -0.05) is 48.0 Å². The minimum atomic E-state index is -0.511. The maximum absolute atomic E-state index is 13.5. The number of fused-ring (bicyclic) bond motifs is 1. The van der Waals surface area contributed by atoms with E-state index in [1.165, 1.54) is 0 Å². The molecule has 1 amide bonds. The van der Waals surface area contributed by atoms with Crippen molar-refractivity contribution in [2.24, 2.45) is 0 Å². The average molecular weight is 457 g/mol. The summed E-state index contributed by atoms with van der Waals surface area (Å²) in [6.07, 6.45) is 3.44. The standard InChI is InChI=1S/C25H21ClN6O/c1-15-8-3-6-12-20(15)29-24(33)21-16(2)28-25-30-23(18-10-4-5-11-19(18)26)31-32(25)22(21)17-9-7-13-27-14-17/h3-14,22H,1-2H3,(H,29,33)(H,28,30,31). The van der Waals surface area contributed by atoms with Gasteiger partial charge in [0.05, 0.1) is 10.6 Å². The summed E-state index contributed by atoms with van der Waals surface area (Å²) in [4.78, 5) is 22.5. The van der Waals surface area contributed by atoms with E-state index in [9.17, 15) is 4.79 Å². The number of carbonyl (C=O) groups is 1. The van der Waals surface area contributed by atoms with Gasteiger partial charge < -0.3 is 10.6 Å². The van der Waals surface area contributed by atoms with Crippen LogP contribution in [0.15, 0.2) is 84.3 Å². The number of benzene rings is 2. The second-order valence-electron chi connectivity index (χ2n) is 7.81. The number of amides is 1. The molecule has 0 radical (unpaired) electrons. The lowest BCUT2D eigenvalue weighted by atomic mass is 9.96. The van der Waals surface area contributed by atoms with Gasteiger partial charge in [-0.15, -0.1) is 5.10 Å². The first kappa shape index (κ1) is 20.9. The molecule has 0 saturated carbocycles. The van der Waals surface area contributed by atoms with Crippen molar-refractivity contribution in [1.82, 2.24) is 19.7 Å². The molecule has 0 aliphatic carbocycles. The van der Waals surface area contributed by atoms with Crippen LogP contribution in [0.25, 0.3) is 11.4 Å². The average Bonchev–Trinajstić information content (AvgIpc) is 3.23. The highest BCUT2D eigenvalue weighted by molar-refractivity contribution is 6.33. The van der Waals surface area contributed by atoms with Gasteiger partial charge in [0.2, 0.25) is 5.95 Å². The van der Waals surface area contributed by atoms with Crippen molar-refractivity contribution < 1.29 is 4.79 Å². The van der Waals surface area contributed by atoms with Crippen LogP contribution in [-0.4, -0.2) is 25.7 Å². The number of halogens is 1. The molecule has 0 fully saturated rings. The number of allylic oxidation sites excluding steroid dienone is 1. The fraction of sp³-hybridized carbons (Fsp3) is 0.120. The molecular weight excluding hydrogens is 436 g/mol. The lowest BCUT2D eigenvalue weighted by Gasteiger charge is -2.28. The Labute approximate surface area is 196 Å². The number of rotatable bonds is 4. The van der Waals surface area contributed by atoms with Crippen LogP contribution >= 0.6 is 11.6 Å². The summed E-state index contributed by atoms with van der Waals surface area (Å²) in [5.41, 5.74) is 4.51. The van der Waals surface area contributed by atoms with Gasteiger partial charge in [0.15, 0.2) is 5.82 Å². The highest BCUT2D eigenvalue weighted by Crippen LogP contribution is 2.37. The van der Waals surface area contributed by atoms with Crippen molar-refractivity contribution in [3.05, 3.63) is 100 Å². The Balaban J connectivity index is 1.61. The van der Waals surface area contributed by atoms with E-state index < -0.39 is 6.04 Å². The summed E-state index contributed by atoms with van der Waals surface area (Å²) >= 11 is 6.39. The third kappa shape index (κ3) is 3.87. The summed E-state index contributed by atoms with van der Waals surface area (Å²) in [6.45, 7) is 3.82. The Bertz CT molecular complexity index is 1380. The molecule has 1 aliphatic rings. The normalized spacial score (nSPS) is 15.1. The van der Waals surface area contributed by atoms with Crippen molar-refractivity contribution in [3.8, 4) is 11.4 Å². The number of hydrogen-bond donors (Lipinski definition) is 2. The topological polar surface area (TPSA) is 84.7 Å². The van der Waals surface area contributed by atoms with Crippen LogP contribution in [0.3, 0.4) is 0 Å². The largest absolute Gasteiger partial charge is 0.328 e. The van der Waals surface area contributed by atoms with Crippen LogP contribution < -0.4 is 10.6 Å². The van der Waals surface area contributed by atoms with E-state index in [4.69, 9.17) is 16.7 Å². The predicted molar refractivity (Wildman–Crippen MR) is 129 cm³/mol. The highest BCUT2D eigenvalue weighted by Gasteiger charge is 2.35. The minimum absolute atomic E-state index is 0.219. The van der Waals surface area contributed by atoms with Crippen molar-refractivity contribution in [1.29, 1.82) is 0 Å². The van der Waals surface area contributed by atoms with Crippen molar-refractivity contribution in [2.45, 2.75) is 19.9 Å². The first-order valence-electron chi connectivity index (χ1n) is 10.5. The highest BCUT2D eigenvalue weighted by atomic mass is 35.5. The molecule has 2 N–H and O–H groups in total. The van der Waals surface area contributed by atoms with E-state index in [1.54, 1.807) is 23.1 Å². The zero-order chi connectivity index (χ0) is 22.9. The Morgan fingerprint density at radius 3 is 2.61 bits per heavy atom. The molecule has 8 heteroatoms. The third-order valence-corrected chi connectivity index (χ3v) is 5.93. The number of aromatic nitrogens is 4. The molecule has 164 valence electrons. The quantitative estimate of drug-likeness (QED) is 0.439. The van der Waals surface area contributed by atoms with Crippen molar-refractivity contribution in [3.63, 3.8) is 0 Å². The van der Waals surface area contributed by atoms with Crippen molar-refractivity contribution in [2.75, 3.05) is 10.6 Å². The van der Waals surface area contributed by atoms with E-state index in [1.807, 2.05) is 68.4 Å². The van der Waals surface area contributed by atoms with Crippen LogP contribution in [0.1, 0.15) is 24.1 Å². The summed E-state index contributed by atoms with van der Waals surface area (Å²) in [5.74, 6) is 0.790. The fourth-order valence-corrected chi connectivity index (χ4v) is 4.17. The third-order valence-electron chi connectivity index (χ3n) is 5.61. The molecule has 1 aliphatic heterocycles. The van der Waals surface area contributed by atoms with Crippen molar-refractivity contribution >= 4 is 29.1 Å². The molecule has 2 aromatic carbocycles. The van der Waals surface area contributed by atoms with Gasteiger partial charge in [-0.3, -0.25) is 9.78 Å². The second-order valence-corrected chi connectivity index (χ2v) is 8.21. The number of nitrogens with zero attached hydrogens (tertiary/aromatic N) is 4. The Kier molecular flexibility index (Phi) is 5.40. The van der Waals surface area contributed by atoms with E-state index in [2.05, 4.69) is 20.6 Å². The zero-order valence-electron chi connectivity index (χ0n) is 18.1. The van der Waals surface area contributed by atoms with Gasteiger partial charge in [-0.2, -0.15) is 4.98 Å². The predicted octanol–water partition coefficient (Wildman–Crippen LogP) is 5.23. The Hall–Kier alpha value is -3.97. The molecule has 2 aromatic heterocycles.